The summed E-state index contributed by atoms with van der Waals surface area (Å²) < 4.78 is 15.4. The second-order valence-corrected chi connectivity index (χ2v) is 10.4. The van der Waals surface area contributed by atoms with E-state index < -0.39 is 5.54 Å². The van der Waals surface area contributed by atoms with Gasteiger partial charge in [-0.05, 0) is 70.0 Å². The zero-order chi connectivity index (χ0) is 26.3. The van der Waals surface area contributed by atoms with E-state index in [1.54, 1.807) is 21.9 Å². The van der Waals surface area contributed by atoms with Gasteiger partial charge >= 0.3 is 6.03 Å². The normalized spacial score (nSPS) is 11.4. The molecule has 36 heavy (non-hydrogen) atoms. The monoisotopic (exact) mass is 492 g/mol. The molecule has 0 fully saturated rings. The molecule has 6 nitrogen and oxygen atoms in total. The van der Waals surface area contributed by atoms with Crippen molar-refractivity contribution in [3.05, 3.63) is 95.6 Å². The third kappa shape index (κ3) is 7.97. The number of carbonyl (C=O) groups excluding carboxylic acids is 2. The number of halogens is 1. The topological polar surface area (TPSA) is 57.6 Å². The van der Waals surface area contributed by atoms with Gasteiger partial charge in [-0.3, -0.25) is 4.79 Å². The maximum absolute atomic E-state index is 13.6. The Hall–Kier alpha value is -3.61. The number of aromatic nitrogens is 1. The molecular formula is C29H37FN4O2. The van der Waals surface area contributed by atoms with Crippen LogP contribution in [0.1, 0.15) is 51.4 Å². The third-order valence-electron chi connectivity index (χ3n) is 5.78. The molecule has 1 heterocycles. The van der Waals surface area contributed by atoms with Gasteiger partial charge in [-0.25, -0.2) is 9.18 Å². The summed E-state index contributed by atoms with van der Waals surface area (Å²) in [4.78, 5) is 29.9. The molecule has 0 aliphatic rings. The second-order valence-electron chi connectivity index (χ2n) is 10.4. The fourth-order valence-electron chi connectivity index (χ4n) is 3.89. The Balaban J connectivity index is 1.82. The average molecular weight is 493 g/mol. The fraction of sp³-hybridized carbons (Fsp3) is 0.379. The number of rotatable bonds is 9. The van der Waals surface area contributed by atoms with Gasteiger partial charge in [0.15, 0.2) is 0 Å². The largest absolute Gasteiger partial charge is 0.345 e. The van der Waals surface area contributed by atoms with E-state index in [9.17, 15) is 14.0 Å². The SMILES string of the molecule is CC(C)N(CC(=O)N(Cc1ccccc1)Cc1cccn1Cc1ccc(F)cc1)C(=O)NC(C)(C)C. The molecule has 0 saturated carbocycles. The molecule has 3 amide bonds. The van der Waals surface area contributed by atoms with Gasteiger partial charge in [-0.15, -0.1) is 0 Å². The van der Waals surface area contributed by atoms with Gasteiger partial charge in [-0.2, -0.15) is 0 Å². The van der Waals surface area contributed by atoms with Crippen molar-refractivity contribution in [2.24, 2.45) is 0 Å². The van der Waals surface area contributed by atoms with E-state index in [1.807, 2.05) is 83.3 Å². The lowest BCUT2D eigenvalue weighted by Gasteiger charge is -2.33. The first-order valence-electron chi connectivity index (χ1n) is 12.3. The fourth-order valence-corrected chi connectivity index (χ4v) is 3.89. The summed E-state index contributed by atoms with van der Waals surface area (Å²) in [6.07, 6.45) is 1.96. The van der Waals surface area contributed by atoms with E-state index in [4.69, 9.17) is 0 Å². The van der Waals surface area contributed by atoms with Crippen LogP contribution in [0.4, 0.5) is 9.18 Å². The van der Waals surface area contributed by atoms with E-state index in [1.165, 1.54) is 12.1 Å². The summed E-state index contributed by atoms with van der Waals surface area (Å²) in [6.45, 7) is 10.9. The van der Waals surface area contributed by atoms with Crippen LogP contribution in [-0.4, -0.2) is 44.4 Å². The lowest BCUT2D eigenvalue weighted by atomic mass is 10.1. The molecule has 0 unspecified atom stereocenters. The molecule has 3 rings (SSSR count). The quantitative estimate of drug-likeness (QED) is 0.433. The van der Waals surface area contributed by atoms with Gasteiger partial charge in [0.1, 0.15) is 12.4 Å². The molecular weight excluding hydrogens is 455 g/mol. The summed E-state index contributed by atoms with van der Waals surface area (Å²) in [6, 6.07) is 19.8. The van der Waals surface area contributed by atoms with Gasteiger partial charge in [0.2, 0.25) is 5.91 Å². The number of hydrogen-bond donors (Lipinski definition) is 1. The van der Waals surface area contributed by atoms with Crippen LogP contribution in [0.2, 0.25) is 0 Å². The van der Waals surface area contributed by atoms with Gasteiger partial charge < -0.3 is 19.7 Å². The number of nitrogens with one attached hydrogen (secondary N) is 1. The molecule has 0 spiro atoms. The van der Waals surface area contributed by atoms with Crippen LogP contribution in [-0.2, 0) is 24.4 Å². The summed E-state index contributed by atoms with van der Waals surface area (Å²) in [5, 5.41) is 2.97. The molecule has 0 atom stereocenters. The lowest BCUT2D eigenvalue weighted by molar-refractivity contribution is -0.133. The molecule has 3 aromatic rings. The van der Waals surface area contributed by atoms with Crippen molar-refractivity contribution in [2.75, 3.05) is 6.54 Å². The molecule has 1 aromatic heterocycles. The van der Waals surface area contributed by atoms with Crippen LogP contribution in [0.15, 0.2) is 72.9 Å². The van der Waals surface area contributed by atoms with Gasteiger partial charge in [-0.1, -0.05) is 42.5 Å². The molecule has 192 valence electrons. The molecule has 0 radical (unpaired) electrons. The van der Waals surface area contributed by atoms with Crippen LogP contribution in [0, 0.1) is 5.82 Å². The van der Waals surface area contributed by atoms with Crippen molar-refractivity contribution in [2.45, 2.75) is 65.8 Å². The Bertz CT molecular complexity index is 1130. The Kier molecular flexibility index (Phi) is 8.91. The number of carbonyl (C=O) groups is 2. The van der Waals surface area contributed by atoms with Crippen molar-refractivity contribution < 1.29 is 14.0 Å². The van der Waals surface area contributed by atoms with E-state index in [2.05, 4.69) is 9.88 Å². The van der Waals surface area contributed by atoms with E-state index in [0.29, 0.717) is 19.6 Å². The Morgan fingerprint density at radius 2 is 1.58 bits per heavy atom. The Morgan fingerprint density at radius 1 is 0.917 bits per heavy atom. The number of urea groups is 1. The molecule has 0 saturated heterocycles. The van der Waals surface area contributed by atoms with E-state index in [0.717, 1.165) is 16.8 Å². The Labute approximate surface area is 213 Å². The van der Waals surface area contributed by atoms with Crippen LogP contribution in [0.3, 0.4) is 0 Å². The van der Waals surface area contributed by atoms with Crippen molar-refractivity contribution in [1.82, 2.24) is 19.7 Å². The highest BCUT2D eigenvalue weighted by molar-refractivity contribution is 5.84. The minimum absolute atomic E-state index is 0.0227. The number of benzene rings is 2. The van der Waals surface area contributed by atoms with E-state index >= 15 is 0 Å². The summed E-state index contributed by atoms with van der Waals surface area (Å²) in [7, 11) is 0. The lowest BCUT2D eigenvalue weighted by Crippen LogP contribution is -2.53. The predicted octanol–water partition coefficient (Wildman–Crippen LogP) is 5.42. The molecule has 1 N–H and O–H groups in total. The predicted molar refractivity (Wildman–Crippen MR) is 141 cm³/mol. The van der Waals surface area contributed by atoms with Crippen molar-refractivity contribution >= 4 is 11.9 Å². The van der Waals surface area contributed by atoms with E-state index in [-0.39, 0.29) is 30.3 Å². The molecule has 7 heteroatoms. The number of nitrogens with zero attached hydrogens (tertiary/aromatic N) is 3. The highest BCUT2D eigenvalue weighted by atomic mass is 19.1. The van der Waals surface area contributed by atoms with Gasteiger partial charge in [0.05, 0.1) is 6.54 Å². The Morgan fingerprint density at radius 3 is 2.19 bits per heavy atom. The zero-order valence-electron chi connectivity index (χ0n) is 21.9. The van der Waals surface area contributed by atoms with Crippen LogP contribution in [0.5, 0.6) is 0 Å². The first kappa shape index (κ1) is 27.0. The minimum Gasteiger partial charge on any atom is -0.345 e. The summed E-state index contributed by atoms with van der Waals surface area (Å²) in [5.41, 5.74) is 2.54. The maximum Gasteiger partial charge on any atom is 0.318 e. The average Bonchev–Trinajstić information content (AvgIpc) is 3.24. The first-order chi connectivity index (χ1) is 17.0. The van der Waals surface area contributed by atoms with Crippen LogP contribution in [0.25, 0.3) is 0 Å². The number of amides is 3. The van der Waals surface area contributed by atoms with Crippen LogP contribution >= 0.6 is 0 Å². The van der Waals surface area contributed by atoms with Crippen molar-refractivity contribution in [3.8, 4) is 0 Å². The highest BCUT2D eigenvalue weighted by Crippen LogP contribution is 2.15. The summed E-state index contributed by atoms with van der Waals surface area (Å²) >= 11 is 0. The third-order valence-corrected chi connectivity index (χ3v) is 5.78. The molecule has 0 aliphatic heterocycles. The maximum atomic E-state index is 13.6. The van der Waals surface area contributed by atoms with Gasteiger partial charge in [0, 0.05) is 36.6 Å². The van der Waals surface area contributed by atoms with Gasteiger partial charge in [0.25, 0.3) is 0 Å². The standard InChI is InChI=1S/C29H37FN4O2/c1-22(2)34(28(36)31-29(3,4)5)21-27(35)33(19-23-10-7-6-8-11-23)20-26-12-9-17-32(26)18-24-13-15-25(30)16-14-24/h6-17,22H,18-21H2,1-5H3,(H,31,36). The molecule has 2 aromatic carbocycles. The summed E-state index contributed by atoms with van der Waals surface area (Å²) in [5.74, 6) is -0.400. The second kappa shape index (κ2) is 11.9. The van der Waals surface area contributed by atoms with Crippen molar-refractivity contribution in [3.63, 3.8) is 0 Å². The zero-order valence-corrected chi connectivity index (χ0v) is 21.9. The molecule has 0 bridgehead atoms. The minimum atomic E-state index is -0.405. The molecule has 0 aliphatic carbocycles. The van der Waals surface area contributed by atoms with Crippen molar-refractivity contribution in [1.29, 1.82) is 0 Å². The highest BCUT2D eigenvalue weighted by Gasteiger charge is 2.26. The first-order valence-corrected chi connectivity index (χ1v) is 12.3. The van der Waals surface area contributed by atoms with Crippen LogP contribution < -0.4 is 5.32 Å². The smallest absolute Gasteiger partial charge is 0.318 e. The number of hydrogen-bond acceptors (Lipinski definition) is 2.